The van der Waals surface area contributed by atoms with E-state index in [4.69, 9.17) is 0 Å². The Bertz CT molecular complexity index is 692. The average molecular weight is 278 g/mol. The van der Waals surface area contributed by atoms with Crippen molar-refractivity contribution in [2.75, 3.05) is 0 Å². The van der Waals surface area contributed by atoms with E-state index in [1.54, 1.807) is 0 Å². The van der Waals surface area contributed by atoms with Crippen LogP contribution in [0.5, 0.6) is 0 Å². The summed E-state index contributed by atoms with van der Waals surface area (Å²) in [6.45, 7) is 6.25. The van der Waals surface area contributed by atoms with Gasteiger partial charge in [-0.15, -0.1) is 0 Å². The molecule has 0 saturated carbocycles. The summed E-state index contributed by atoms with van der Waals surface area (Å²) in [5.74, 6) is 0.156. The van der Waals surface area contributed by atoms with Crippen molar-refractivity contribution in [1.82, 2.24) is 0 Å². The molecule has 0 heterocycles. The SMILES string of the molecule is C/C=C\C=C(/C)C(CC=O)c1ccc2ccccc2c1C. The highest BCUT2D eigenvalue weighted by molar-refractivity contribution is 5.87. The van der Waals surface area contributed by atoms with Crippen LogP contribution in [0.15, 0.2) is 60.2 Å². The molecule has 2 rings (SSSR count). The smallest absolute Gasteiger partial charge is 0.120 e. The van der Waals surface area contributed by atoms with Crippen molar-refractivity contribution < 1.29 is 4.79 Å². The Labute approximate surface area is 127 Å². The van der Waals surface area contributed by atoms with Gasteiger partial charge in [-0.05, 0) is 42.7 Å². The highest BCUT2D eigenvalue weighted by Gasteiger charge is 2.16. The third kappa shape index (κ3) is 3.30. The molecule has 0 spiro atoms. The van der Waals surface area contributed by atoms with E-state index in [2.05, 4.69) is 56.3 Å². The summed E-state index contributed by atoms with van der Waals surface area (Å²) in [5.41, 5.74) is 3.74. The van der Waals surface area contributed by atoms with E-state index >= 15 is 0 Å². The van der Waals surface area contributed by atoms with Gasteiger partial charge in [0.15, 0.2) is 0 Å². The molecule has 0 aliphatic heterocycles. The number of carbonyl (C=O) groups excluding carboxylic acids is 1. The van der Waals surface area contributed by atoms with Crippen LogP contribution in [0.3, 0.4) is 0 Å². The lowest BCUT2D eigenvalue weighted by Gasteiger charge is -2.19. The van der Waals surface area contributed by atoms with Gasteiger partial charge in [0, 0.05) is 12.3 Å². The second kappa shape index (κ2) is 7.03. The van der Waals surface area contributed by atoms with Crippen LogP contribution >= 0.6 is 0 Å². The van der Waals surface area contributed by atoms with Gasteiger partial charge in [-0.3, -0.25) is 0 Å². The molecular weight excluding hydrogens is 256 g/mol. The van der Waals surface area contributed by atoms with Crippen LogP contribution in [0.4, 0.5) is 0 Å². The van der Waals surface area contributed by atoms with E-state index in [0.29, 0.717) is 6.42 Å². The second-order valence-electron chi connectivity index (χ2n) is 5.39. The topological polar surface area (TPSA) is 17.1 Å². The van der Waals surface area contributed by atoms with Crippen molar-refractivity contribution in [3.8, 4) is 0 Å². The molecule has 0 N–H and O–H groups in total. The molecule has 0 amide bonds. The summed E-state index contributed by atoms with van der Waals surface area (Å²) >= 11 is 0. The van der Waals surface area contributed by atoms with Crippen molar-refractivity contribution in [3.05, 3.63) is 71.3 Å². The maximum atomic E-state index is 11.1. The van der Waals surface area contributed by atoms with Crippen molar-refractivity contribution in [3.63, 3.8) is 0 Å². The average Bonchev–Trinajstić information content (AvgIpc) is 2.51. The number of benzene rings is 2. The van der Waals surface area contributed by atoms with Gasteiger partial charge >= 0.3 is 0 Å². The minimum absolute atomic E-state index is 0.156. The van der Waals surface area contributed by atoms with Crippen LogP contribution in [0, 0.1) is 6.92 Å². The summed E-state index contributed by atoms with van der Waals surface area (Å²) in [4.78, 5) is 11.1. The Hall–Kier alpha value is -2.15. The first-order valence-electron chi connectivity index (χ1n) is 7.40. The van der Waals surface area contributed by atoms with Gasteiger partial charge in [-0.1, -0.05) is 60.2 Å². The van der Waals surface area contributed by atoms with Gasteiger partial charge in [0.2, 0.25) is 0 Å². The number of allylic oxidation sites excluding steroid dienone is 4. The van der Waals surface area contributed by atoms with Crippen LogP contribution in [0.25, 0.3) is 10.8 Å². The second-order valence-corrected chi connectivity index (χ2v) is 5.39. The fourth-order valence-electron chi connectivity index (χ4n) is 2.84. The van der Waals surface area contributed by atoms with Gasteiger partial charge < -0.3 is 4.79 Å². The lowest BCUT2D eigenvalue weighted by molar-refractivity contribution is -0.108. The summed E-state index contributed by atoms with van der Waals surface area (Å²) in [6, 6.07) is 12.7. The molecule has 2 aromatic carbocycles. The molecule has 0 bridgehead atoms. The lowest BCUT2D eigenvalue weighted by atomic mass is 9.85. The molecule has 1 heteroatoms. The Morgan fingerprint density at radius 2 is 1.95 bits per heavy atom. The van der Waals surface area contributed by atoms with E-state index in [0.717, 1.165) is 6.29 Å². The third-order valence-corrected chi connectivity index (χ3v) is 4.05. The third-order valence-electron chi connectivity index (χ3n) is 4.05. The monoisotopic (exact) mass is 278 g/mol. The number of fused-ring (bicyclic) bond motifs is 1. The molecular formula is C20H22O. The Kier molecular flexibility index (Phi) is 5.10. The molecule has 108 valence electrons. The molecule has 0 fully saturated rings. The van der Waals surface area contributed by atoms with Crippen LogP contribution in [0.2, 0.25) is 0 Å². The number of carbonyl (C=O) groups is 1. The zero-order chi connectivity index (χ0) is 15.2. The van der Waals surface area contributed by atoms with Crippen molar-refractivity contribution in [2.24, 2.45) is 0 Å². The van der Waals surface area contributed by atoms with Gasteiger partial charge in [0.1, 0.15) is 6.29 Å². The van der Waals surface area contributed by atoms with Crippen molar-refractivity contribution >= 4 is 17.1 Å². The quantitative estimate of drug-likeness (QED) is 0.532. The summed E-state index contributed by atoms with van der Waals surface area (Å²) in [7, 11) is 0. The molecule has 21 heavy (non-hydrogen) atoms. The molecule has 0 aliphatic rings. The molecule has 0 radical (unpaired) electrons. The van der Waals surface area contributed by atoms with Crippen LogP contribution in [-0.4, -0.2) is 6.29 Å². The predicted octanol–water partition coefficient (Wildman–Crippen LogP) is 5.34. The zero-order valence-corrected chi connectivity index (χ0v) is 13.0. The Balaban J connectivity index is 2.55. The minimum Gasteiger partial charge on any atom is -0.303 e. The van der Waals surface area contributed by atoms with Gasteiger partial charge in [-0.25, -0.2) is 0 Å². The highest BCUT2D eigenvalue weighted by Crippen LogP contribution is 2.33. The molecule has 1 unspecified atom stereocenters. The molecule has 0 aliphatic carbocycles. The molecule has 1 atom stereocenters. The number of aryl methyl sites for hydroxylation is 1. The van der Waals surface area contributed by atoms with Gasteiger partial charge in [0.05, 0.1) is 0 Å². The highest BCUT2D eigenvalue weighted by atomic mass is 16.1. The van der Waals surface area contributed by atoms with E-state index in [1.807, 2.05) is 19.1 Å². The van der Waals surface area contributed by atoms with Crippen LogP contribution in [-0.2, 0) is 4.79 Å². The Morgan fingerprint density at radius 3 is 2.67 bits per heavy atom. The first-order valence-corrected chi connectivity index (χ1v) is 7.40. The maximum absolute atomic E-state index is 11.1. The van der Waals surface area contributed by atoms with Crippen molar-refractivity contribution in [1.29, 1.82) is 0 Å². The number of aldehydes is 1. The lowest BCUT2D eigenvalue weighted by Crippen LogP contribution is -2.04. The van der Waals surface area contributed by atoms with Crippen LogP contribution in [0.1, 0.15) is 37.3 Å². The first-order chi connectivity index (χ1) is 10.2. The van der Waals surface area contributed by atoms with E-state index < -0.39 is 0 Å². The molecule has 2 aromatic rings. The summed E-state index contributed by atoms with van der Waals surface area (Å²) in [5, 5.41) is 2.52. The first kappa shape index (κ1) is 15.2. The van der Waals surface area contributed by atoms with E-state index in [-0.39, 0.29) is 5.92 Å². The minimum atomic E-state index is 0.156. The fraction of sp³-hybridized carbons (Fsp3) is 0.250. The van der Waals surface area contributed by atoms with E-state index in [9.17, 15) is 4.79 Å². The Morgan fingerprint density at radius 1 is 1.19 bits per heavy atom. The molecule has 0 aromatic heterocycles. The molecule has 1 nitrogen and oxygen atoms in total. The van der Waals surface area contributed by atoms with Gasteiger partial charge in [-0.2, -0.15) is 0 Å². The summed E-state index contributed by atoms with van der Waals surface area (Å²) in [6.07, 6.45) is 7.69. The number of hydrogen-bond acceptors (Lipinski definition) is 1. The standard InChI is InChI=1S/C20H22O/c1-4-5-8-15(2)18(13-14-21)20-12-11-17-9-6-7-10-19(17)16(20)3/h4-12,14,18H,13H2,1-3H3/b5-4-,15-8+. The van der Waals surface area contributed by atoms with E-state index in [1.165, 1.54) is 27.5 Å². The fourth-order valence-corrected chi connectivity index (χ4v) is 2.84. The number of hydrogen-bond donors (Lipinski definition) is 0. The number of rotatable bonds is 5. The van der Waals surface area contributed by atoms with Gasteiger partial charge in [0.25, 0.3) is 0 Å². The maximum Gasteiger partial charge on any atom is 0.120 e. The largest absolute Gasteiger partial charge is 0.303 e. The summed E-state index contributed by atoms with van der Waals surface area (Å²) < 4.78 is 0. The van der Waals surface area contributed by atoms with Crippen molar-refractivity contribution in [2.45, 2.75) is 33.1 Å². The predicted molar refractivity (Wildman–Crippen MR) is 90.7 cm³/mol. The molecule has 0 saturated heterocycles. The normalized spacial score (nSPS) is 13.8. The van der Waals surface area contributed by atoms with Crippen LogP contribution < -0.4 is 0 Å². The zero-order valence-electron chi connectivity index (χ0n) is 13.0.